The van der Waals surface area contributed by atoms with Crippen LogP contribution < -0.4 is 5.73 Å². The molecule has 9 heteroatoms. The second-order valence-corrected chi connectivity index (χ2v) is 7.84. The molecule has 0 amide bonds. The highest BCUT2D eigenvalue weighted by atomic mass is 31.2. The minimum atomic E-state index is -4.48. The molecular weight excluding hydrogens is 314 g/mol. The third-order valence-corrected chi connectivity index (χ3v) is 5.81. The number of allylic oxidation sites excluding steroid dienone is 7. The molecule has 0 fully saturated rings. The van der Waals surface area contributed by atoms with E-state index in [0.29, 0.717) is 11.9 Å². The number of hydrogen-bond acceptors (Lipinski definition) is 4. The number of rotatable bonds is 3. The van der Waals surface area contributed by atoms with Crippen LogP contribution in [0.4, 0.5) is 0 Å². The van der Waals surface area contributed by atoms with Crippen LogP contribution in [0.2, 0.25) is 0 Å². The maximum Gasteiger partial charge on any atom is 0.358 e. The molecule has 1 unspecified atom stereocenters. The standard InChI is InChI=1S/C12H14N2O5P2/c13-8-4-5-11(21(17,18)19)9(7-8)14-20-6-2-1-3-10(20)12(15)16/h1-5H,6-7,13H2,(H,15,16)(H2,17,18,19). The lowest BCUT2D eigenvalue weighted by Gasteiger charge is -2.20. The van der Waals surface area contributed by atoms with Gasteiger partial charge >= 0.3 is 13.6 Å². The molecule has 0 aromatic rings. The summed E-state index contributed by atoms with van der Waals surface area (Å²) in [6.07, 6.45) is 8.08. The molecule has 0 aromatic carbocycles. The predicted octanol–water partition coefficient (Wildman–Crippen LogP) is 1.67. The van der Waals surface area contributed by atoms with Crippen molar-refractivity contribution in [3.8, 4) is 0 Å². The van der Waals surface area contributed by atoms with E-state index in [9.17, 15) is 19.1 Å². The Bertz CT molecular complexity index is 669. The maximum absolute atomic E-state index is 11.5. The van der Waals surface area contributed by atoms with Crippen LogP contribution >= 0.6 is 15.7 Å². The zero-order chi connectivity index (χ0) is 15.6. The topological polar surface area (TPSA) is 133 Å². The number of hydrogen-bond donors (Lipinski definition) is 4. The minimum Gasteiger partial charge on any atom is -0.478 e. The fourth-order valence-corrected chi connectivity index (χ4v) is 4.37. The highest BCUT2D eigenvalue weighted by Crippen LogP contribution is 2.53. The van der Waals surface area contributed by atoms with Crippen LogP contribution in [0.25, 0.3) is 0 Å². The van der Waals surface area contributed by atoms with Gasteiger partial charge < -0.3 is 20.6 Å². The average Bonchev–Trinajstić information content (AvgIpc) is 2.37. The van der Waals surface area contributed by atoms with Crippen LogP contribution in [0.15, 0.2) is 51.5 Å². The highest BCUT2D eigenvalue weighted by molar-refractivity contribution is 7.63. The fourth-order valence-electron chi connectivity index (χ4n) is 1.90. The molecule has 0 saturated heterocycles. The Balaban J connectivity index is 2.40. The number of carbonyl (C=O) groups is 1. The monoisotopic (exact) mass is 328 g/mol. The van der Waals surface area contributed by atoms with Gasteiger partial charge in [-0.25, -0.2) is 4.79 Å². The van der Waals surface area contributed by atoms with Gasteiger partial charge in [0, 0.05) is 18.3 Å². The molecule has 112 valence electrons. The number of nitrogens with zero attached hydrogens (tertiary/aromatic N) is 1. The van der Waals surface area contributed by atoms with E-state index in [-0.39, 0.29) is 22.8 Å². The Kier molecular flexibility index (Phi) is 4.59. The number of carboxylic acids is 1. The predicted molar refractivity (Wildman–Crippen MR) is 81.1 cm³/mol. The van der Waals surface area contributed by atoms with E-state index in [2.05, 4.69) is 4.76 Å². The van der Waals surface area contributed by atoms with Gasteiger partial charge in [0.25, 0.3) is 0 Å². The molecule has 1 aliphatic heterocycles. The lowest BCUT2D eigenvalue weighted by molar-refractivity contribution is -0.131. The Morgan fingerprint density at radius 2 is 2.05 bits per heavy atom. The summed E-state index contributed by atoms with van der Waals surface area (Å²) in [6, 6.07) is 0. The summed E-state index contributed by atoms with van der Waals surface area (Å²) in [5, 5.41) is 9.11. The average molecular weight is 328 g/mol. The normalized spacial score (nSPS) is 24.4. The minimum absolute atomic E-state index is 0.104. The Labute approximate surface area is 122 Å². The molecule has 2 rings (SSSR count). The van der Waals surface area contributed by atoms with Crippen molar-refractivity contribution in [2.24, 2.45) is 10.5 Å². The van der Waals surface area contributed by atoms with Gasteiger partial charge in [0.2, 0.25) is 0 Å². The van der Waals surface area contributed by atoms with Crippen molar-refractivity contribution < 1.29 is 24.3 Å². The fraction of sp³-hybridized carbons (Fsp3) is 0.167. The molecule has 2 aliphatic rings. The van der Waals surface area contributed by atoms with Crippen LogP contribution in [0.3, 0.4) is 0 Å². The number of nitrogens with two attached hydrogens (primary N) is 1. The van der Waals surface area contributed by atoms with Gasteiger partial charge in [-0.15, -0.1) is 0 Å². The first-order chi connectivity index (χ1) is 9.79. The number of aliphatic carboxylic acids is 1. The molecule has 1 atom stereocenters. The molecule has 1 heterocycles. The SMILES string of the molecule is NC1=CC=C(P(=O)(O)O)C(=NP2CC=CC=C2C(=O)O)C1. The molecule has 7 nitrogen and oxygen atoms in total. The van der Waals surface area contributed by atoms with Crippen LogP contribution in [0.1, 0.15) is 6.42 Å². The molecule has 0 radical (unpaired) electrons. The van der Waals surface area contributed by atoms with Crippen molar-refractivity contribution in [3.63, 3.8) is 0 Å². The van der Waals surface area contributed by atoms with Crippen molar-refractivity contribution in [2.75, 3.05) is 6.16 Å². The second kappa shape index (κ2) is 6.08. The van der Waals surface area contributed by atoms with Gasteiger partial charge in [-0.2, -0.15) is 0 Å². The largest absolute Gasteiger partial charge is 0.478 e. The summed E-state index contributed by atoms with van der Waals surface area (Å²) in [5.74, 6) is -1.07. The van der Waals surface area contributed by atoms with Gasteiger partial charge in [-0.1, -0.05) is 12.2 Å². The third kappa shape index (κ3) is 3.77. The lowest BCUT2D eigenvalue weighted by atomic mass is 10.1. The van der Waals surface area contributed by atoms with Crippen molar-refractivity contribution in [1.82, 2.24) is 0 Å². The molecule has 0 spiro atoms. The summed E-state index contributed by atoms with van der Waals surface area (Å²) in [6.45, 7) is 0. The zero-order valence-corrected chi connectivity index (χ0v) is 12.7. The smallest absolute Gasteiger partial charge is 0.358 e. The summed E-state index contributed by atoms with van der Waals surface area (Å²) in [5.41, 5.74) is 6.26. The Morgan fingerprint density at radius 3 is 2.67 bits per heavy atom. The Morgan fingerprint density at radius 1 is 1.33 bits per heavy atom. The van der Waals surface area contributed by atoms with E-state index in [0.717, 1.165) is 0 Å². The van der Waals surface area contributed by atoms with E-state index in [1.807, 2.05) is 0 Å². The van der Waals surface area contributed by atoms with Crippen molar-refractivity contribution in [1.29, 1.82) is 0 Å². The molecule has 21 heavy (non-hydrogen) atoms. The first kappa shape index (κ1) is 15.9. The van der Waals surface area contributed by atoms with Crippen LogP contribution in [0.5, 0.6) is 0 Å². The molecule has 1 aliphatic carbocycles. The second-order valence-electron chi connectivity index (χ2n) is 4.43. The first-order valence-electron chi connectivity index (χ1n) is 5.97. The van der Waals surface area contributed by atoms with Crippen LogP contribution in [-0.2, 0) is 9.36 Å². The van der Waals surface area contributed by atoms with E-state index >= 15 is 0 Å². The van der Waals surface area contributed by atoms with Gasteiger partial charge in [0.05, 0.1) is 24.4 Å². The summed E-state index contributed by atoms with van der Waals surface area (Å²) < 4.78 is 15.8. The first-order valence-corrected chi connectivity index (χ1v) is 9.06. The number of carboxylic acid groups (broad SMARTS) is 1. The van der Waals surface area contributed by atoms with E-state index in [1.54, 1.807) is 12.2 Å². The molecular formula is C12H14N2O5P2. The molecule has 0 saturated carbocycles. The molecule has 0 aromatic heterocycles. The van der Waals surface area contributed by atoms with Crippen LogP contribution in [-0.4, -0.2) is 32.7 Å². The van der Waals surface area contributed by atoms with Crippen molar-refractivity contribution >= 4 is 27.3 Å². The van der Waals surface area contributed by atoms with Crippen LogP contribution in [0, 0.1) is 0 Å². The Hall–Kier alpha value is -1.52. The summed E-state index contributed by atoms with van der Waals surface area (Å²) in [7, 11) is -5.87. The maximum atomic E-state index is 11.5. The highest BCUT2D eigenvalue weighted by Gasteiger charge is 2.30. The molecule has 5 N–H and O–H groups in total. The molecule has 0 bridgehead atoms. The van der Waals surface area contributed by atoms with Gasteiger partial charge in [-0.05, 0) is 18.2 Å². The van der Waals surface area contributed by atoms with E-state index in [4.69, 9.17) is 10.8 Å². The van der Waals surface area contributed by atoms with E-state index in [1.165, 1.54) is 18.2 Å². The quantitative estimate of drug-likeness (QED) is 0.582. The van der Waals surface area contributed by atoms with Gasteiger partial charge in [-0.3, -0.25) is 9.33 Å². The third-order valence-electron chi connectivity index (χ3n) is 2.84. The van der Waals surface area contributed by atoms with Crippen molar-refractivity contribution in [2.45, 2.75) is 6.42 Å². The summed E-state index contributed by atoms with van der Waals surface area (Å²) in [4.78, 5) is 29.9. The van der Waals surface area contributed by atoms with Gasteiger partial charge in [0.1, 0.15) is 0 Å². The van der Waals surface area contributed by atoms with E-state index < -0.39 is 21.6 Å². The summed E-state index contributed by atoms with van der Waals surface area (Å²) >= 11 is 0. The lowest BCUT2D eigenvalue weighted by Crippen LogP contribution is -2.14. The van der Waals surface area contributed by atoms with Crippen molar-refractivity contribution in [3.05, 3.63) is 46.7 Å². The van der Waals surface area contributed by atoms with Gasteiger partial charge in [0.15, 0.2) is 0 Å². The zero-order valence-electron chi connectivity index (χ0n) is 10.9.